The van der Waals surface area contributed by atoms with Crippen LogP contribution in [-0.4, -0.2) is 17.9 Å². The molecule has 2 atom stereocenters. The predicted octanol–water partition coefficient (Wildman–Crippen LogP) is 1.26. The largest absolute Gasteiger partial charge is 0.354 e. The van der Waals surface area contributed by atoms with E-state index in [0.717, 1.165) is 5.92 Å². The van der Waals surface area contributed by atoms with E-state index < -0.39 is 0 Å². The monoisotopic (exact) mass is 153 g/mol. The number of ether oxygens (including phenoxy) is 1. The zero-order valence-corrected chi connectivity index (χ0v) is 6.97. The lowest BCUT2D eigenvalue weighted by atomic mass is 10.1. The number of hydrogen-bond donors (Lipinski definition) is 1. The summed E-state index contributed by atoms with van der Waals surface area (Å²) in [7, 11) is 0. The Bertz CT molecular complexity index is 184. The molecule has 0 radical (unpaired) electrons. The molecule has 0 aromatic rings. The molecule has 2 aliphatic carbocycles. The lowest BCUT2D eigenvalue weighted by Crippen LogP contribution is -2.36. The van der Waals surface area contributed by atoms with Gasteiger partial charge in [0.25, 0.3) is 0 Å². The van der Waals surface area contributed by atoms with Crippen molar-refractivity contribution in [3.05, 3.63) is 0 Å². The van der Waals surface area contributed by atoms with Gasteiger partial charge in [-0.1, -0.05) is 0 Å². The highest BCUT2D eigenvalue weighted by atomic mass is 16.6. The van der Waals surface area contributed by atoms with E-state index in [1.165, 1.54) is 25.7 Å². The molecule has 1 saturated heterocycles. The van der Waals surface area contributed by atoms with Crippen LogP contribution in [0.4, 0.5) is 0 Å². The molecule has 1 N–H and O–H groups in total. The van der Waals surface area contributed by atoms with E-state index in [1.54, 1.807) is 0 Å². The first-order chi connectivity index (χ1) is 5.30. The summed E-state index contributed by atoms with van der Waals surface area (Å²) in [5.41, 5.74) is 0.551. The normalized spacial score (nSPS) is 45.5. The van der Waals surface area contributed by atoms with Gasteiger partial charge in [-0.25, -0.2) is 0 Å². The van der Waals surface area contributed by atoms with E-state index >= 15 is 0 Å². The predicted molar refractivity (Wildman–Crippen MR) is 42.2 cm³/mol. The van der Waals surface area contributed by atoms with Crippen molar-refractivity contribution in [3.8, 4) is 0 Å². The number of nitrogens with one attached hydrogen (secondary N) is 1. The van der Waals surface area contributed by atoms with Gasteiger partial charge in [-0.05, 0) is 38.5 Å². The molecule has 3 fully saturated rings. The zero-order valence-electron chi connectivity index (χ0n) is 6.97. The molecule has 11 heavy (non-hydrogen) atoms. The maximum absolute atomic E-state index is 5.36. The highest BCUT2D eigenvalue weighted by Crippen LogP contribution is 2.54. The van der Waals surface area contributed by atoms with Gasteiger partial charge in [-0.15, -0.1) is 0 Å². The van der Waals surface area contributed by atoms with Crippen molar-refractivity contribution < 1.29 is 4.74 Å². The summed E-state index contributed by atoms with van der Waals surface area (Å²) in [6, 6.07) is 0. The number of hydrogen-bond acceptors (Lipinski definition) is 2. The fourth-order valence-corrected chi connectivity index (χ4v) is 2.06. The molecule has 0 amide bonds. The van der Waals surface area contributed by atoms with Crippen LogP contribution in [0.3, 0.4) is 0 Å². The minimum absolute atomic E-state index is 0.401. The summed E-state index contributed by atoms with van der Waals surface area (Å²) < 4.78 is 5.36. The van der Waals surface area contributed by atoms with E-state index in [0.29, 0.717) is 17.9 Å². The molecule has 1 heterocycles. The molecule has 1 aliphatic heterocycles. The molecule has 2 unspecified atom stereocenters. The van der Waals surface area contributed by atoms with Crippen molar-refractivity contribution in [2.75, 3.05) is 0 Å². The zero-order chi connectivity index (χ0) is 7.47. The van der Waals surface area contributed by atoms with Gasteiger partial charge in [0.05, 0.1) is 6.10 Å². The van der Waals surface area contributed by atoms with E-state index in [1.807, 2.05) is 0 Å². The van der Waals surface area contributed by atoms with Crippen LogP contribution in [0.5, 0.6) is 0 Å². The summed E-state index contributed by atoms with van der Waals surface area (Å²) in [6.45, 7) is 2.14. The molecule has 0 spiro atoms. The van der Waals surface area contributed by atoms with E-state index in [2.05, 4.69) is 12.2 Å². The Morgan fingerprint density at radius 2 is 2.00 bits per heavy atom. The molecule has 2 nitrogen and oxygen atoms in total. The summed E-state index contributed by atoms with van der Waals surface area (Å²) in [4.78, 5) is 0. The van der Waals surface area contributed by atoms with Crippen LogP contribution in [0.15, 0.2) is 0 Å². The van der Waals surface area contributed by atoms with Crippen LogP contribution >= 0.6 is 0 Å². The average Bonchev–Trinajstić information content (AvgIpc) is 2.70. The fourth-order valence-electron chi connectivity index (χ4n) is 2.06. The van der Waals surface area contributed by atoms with Crippen molar-refractivity contribution in [1.29, 1.82) is 0 Å². The highest BCUT2D eigenvalue weighted by molar-refractivity contribution is 5.13. The Labute approximate surface area is 67.3 Å². The van der Waals surface area contributed by atoms with Crippen LogP contribution in [0.1, 0.15) is 32.6 Å². The van der Waals surface area contributed by atoms with Gasteiger partial charge < -0.3 is 4.74 Å². The van der Waals surface area contributed by atoms with Crippen LogP contribution in [0, 0.1) is 5.92 Å². The van der Waals surface area contributed by atoms with Crippen molar-refractivity contribution >= 4 is 0 Å². The van der Waals surface area contributed by atoms with Crippen molar-refractivity contribution in [3.63, 3.8) is 0 Å². The molecule has 0 bridgehead atoms. The lowest BCUT2D eigenvalue weighted by Gasteiger charge is -2.13. The molecule has 3 rings (SSSR count). The van der Waals surface area contributed by atoms with Gasteiger partial charge in [-0.3, -0.25) is 5.32 Å². The van der Waals surface area contributed by atoms with Gasteiger partial charge in [0.1, 0.15) is 6.23 Å². The van der Waals surface area contributed by atoms with E-state index in [9.17, 15) is 0 Å². The maximum atomic E-state index is 5.36. The van der Waals surface area contributed by atoms with Crippen LogP contribution in [0.25, 0.3) is 0 Å². The lowest BCUT2D eigenvalue weighted by molar-refractivity contribution is 0.308. The minimum Gasteiger partial charge on any atom is -0.354 e. The SMILES string of the molecule is CC1OC1NC1(C2CC2)CC1. The second-order valence-corrected chi connectivity index (χ2v) is 4.34. The Morgan fingerprint density at radius 1 is 1.36 bits per heavy atom. The third kappa shape index (κ3) is 1.00. The third-order valence-electron chi connectivity index (χ3n) is 3.29. The Morgan fingerprint density at radius 3 is 2.36 bits per heavy atom. The van der Waals surface area contributed by atoms with Gasteiger partial charge in [0.15, 0.2) is 0 Å². The van der Waals surface area contributed by atoms with Gasteiger partial charge in [0, 0.05) is 5.54 Å². The average molecular weight is 153 g/mol. The van der Waals surface area contributed by atoms with Crippen molar-refractivity contribution in [1.82, 2.24) is 5.32 Å². The van der Waals surface area contributed by atoms with E-state index in [4.69, 9.17) is 4.74 Å². The molecule has 3 aliphatic rings. The van der Waals surface area contributed by atoms with Gasteiger partial charge >= 0.3 is 0 Å². The molecule has 2 saturated carbocycles. The quantitative estimate of drug-likeness (QED) is 0.617. The molecular formula is C9H15NO. The first kappa shape index (κ1) is 6.44. The first-order valence-electron chi connectivity index (χ1n) is 4.73. The number of rotatable bonds is 3. The van der Waals surface area contributed by atoms with Crippen LogP contribution in [0.2, 0.25) is 0 Å². The molecule has 0 aromatic heterocycles. The van der Waals surface area contributed by atoms with Crippen molar-refractivity contribution in [2.45, 2.75) is 50.5 Å². The topological polar surface area (TPSA) is 24.6 Å². The Hall–Kier alpha value is -0.0800. The second kappa shape index (κ2) is 1.80. The standard InChI is InChI=1S/C9H15NO/c1-6-8(11-6)10-9(4-5-9)7-2-3-7/h6-8,10H,2-5H2,1H3. The molecule has 62 valence electrons. The highest BCUT2D eigenvalue weighted by Gasteiger charge is 2.56. The fraction of sp³-hybridized carbons (Fsp3) is 1.00. The van der Waals surface area contributed by atoms with Gasteiger partial charge in [-0.2, -0.15) is 0 Å². The summed E-state index contributed by atoms with van der Waals surface area (Å²) >= 11 is 0. The second-order valence-electron chi connectivity index (χ2n) is 4.34. The van der Waals surface area contributed by atoms with Crippen molar-refractivity contribution in [2.24, 2.45) is 5.92 Å². The summed E-state index contributed by atoms with van der Waals surface area (Å²) in [5, 5.41) is 3.63. The van der Waals surface area contributed by atoms with E-state index in [-0.39, 0.29) is 0 Å². The van der Waals surface area contributed by atoms with Crippen LogP contribution in [-0.2, 0) is 4.74 Å². The van der Waals surface area contributed by atoms with Gasteiger partial charge in [0.2, 0.25) is 0 Å². The molecule has 2 heteroatoms. The summed E-state index contributed by atoms with van der Waals surface area (Å²) in [6.07, 6.45) is 6.57. The Balaban J connectivity index is 1.61. The molecule has 0 aromatic carbocycles. The third-order valence-corrected chi connectivity index (χ3v) is 3.29. The minimum atomic E-state index is 0.401. The molecular weight excluding hydrogens is 138 g/mol. The summed E-state index contributed by atoms with van der Waals surface area (Å²) in [5.74, 6) is 0.999. The van der Waals surface area contributed by atoms with Crippen LogP contribution < -0.4 is 5.32 Å². The first-order valence-corrected chi connectivity index (χ1v) is 4.73. The Kier molecular flexibility index (Phi) is 1.06. The number of epoxide rings is 1. The smallest absolute Gasteiger partial charge is 0.135 e. The maximum Gasteiger partial charge on any atom is 0.135 e.